The minimum atomic E-state index is -0.327. The Balaban J connectivity index is 2.38. The van der Waals surface area contributed by atoms with E-state index >= 15 is 0 Å². The van der Waals surface area contributed by atoms with Crippen LogP contribution in [0.25, 0.3) is 11.0 Å². The molecule has 0 unspecified atom stereocenters. The van der Waals surface area contributed by atoms with E-state index in [0.717, 1.165) is 23.0 Å². The van der Waals surface area contributed by atoms with Gasteiger partial charge in [-0.25, -0.2) is 0 Å². The Hall–Kier alpha value is -1.57. The maximum Gasteiger partial charge on any atom is 0.135 e. The Kier molecular flexibility index (Phi) is 2.58. The van der Waals surface area contributed by atoms with Gasteiger partial charge < -0.3 is 4.42 Å². The Labute approximate surface area is 95.3 Å². The topological polar surface area (TPSA) is 30.2 Å². The van der Waals surface area contributed by atoms with Crippen molar-refractivity contribution in [1.82, 2.24) is 0 Å². The molecule has 1 aromatic heterocycles. The summed E-state index contributed by atoms with van der Waals surface area (Å²) in [6.45, 7) is 5.58. The van der Waals surface area contributed by atoms with E-state index in [-0.39, 0.29) is 11.2 Å². The number of rotatable bonds is 3. The summed E-state index contributed by atoms with van der Waals surface area (Å²) in [5.74, 6) is 0.206. The molecule has 2 heteroatoms. The third-order valence-electron chi connectivity index (χ3n) is 3.15. The van der Waals surface area contributed by atoms with E-state index < -0.39 is 0 Å². The van der Waals surface area contributed by atoms with Crippen LogP contribution < -0.4 is 0 Å². The number of para-hydroxylation sites is 1. The summed E-state index contributed by atoms with van der Waals surface area (Å²) >= 11 is 0. The van der Waals surface area contributed by atoms with Gasteiger partial charge in [0.1, 0.15) is 11.4 Å². The SMILES string of the molecule is CC(=O)C(C)(C)Cc1coc2ccccc12. The average molecular weight is 216 g/mol. The molecule has 0 N–H and O–H groups in total. The van der Waals surface area contributed by atoms with Crippen molar-refractivity contribution in [2.75, 3.05) is 0 Å². The highest BCUT2D eigenvalue weighted by atomic mass is 16.3. The second kappa shape index (κ2) is 3.78. The van der Waals surface area contributed by atoms with Gasteiger partial charge in [0.25, 0.3) is 0 Å². The van der Waals surface area contributed by atoms with Gasteiger partial charge >= 0.3 is 0 Å². The van der Waals surface area contributed by atoms with Crippen LogP contribution in [0.15, 0.2) is 34.9 Å². The lowest BCUT2D eigenvalue weighted by atomic mass is 9.82. The number of hydrogen-bond donors (Lipinski definition) is 0. The lowest BCUT2D eigenvalue weighted by Crippen LogP contribution is -2.23. The summed E-state index contributed by atoms with van der Waals surface area (Å²) in [4.78, 5) is 11.5. The Morgan fingerprint density at radius 3 is 2.69 bits per heavy atom. The number of benzene rings is 1. The number of hydrogen-bond acceptors (Lipinski definition) is 2. The molecule has 0 amide bonds. The van der Waals surface area contributed by atoms with Crippen LogP contribution in [0.2, 0.25) is 0 Å². The number of carbonyl (C=O) groups excluding carboxylic acids is 1. The van der Waals surface area contributed by atoms with Crippen LogP contribution in [0.4, 0.5) is 0 Å². The molecule has 0 aliphatic heterocycles. The molecule has 0 spiro atoms. The minimum absolute atomic E-state index is 0.206. The Morgan fingerprint density at radius 2 is 2.00 bits per heavy atom. The fraction of sp³-hybridized carbons (Fsp3) is 0.357. The van der Waals surface area contributed by atoms with Crippen LogP contribution in [0.3, 0.4) is 0 Å². The summed E-state index contributed by atoms with van der Waals surface area (Å²) in [6.07, 6.45) is 2.48. The average Bonchev–Trinajstić information content (AvgIpc) is 2.61. The highest BCUT2D eigenvalue weighted by molar-refractivity contribution is 5.84. The molecule has 1 heterocycles. The van der Waals surface area contributed by atoms with Crippen molar-refractivity contribution in [1.29, 1.82) is 0 Å². The second-order valence-corrected chi connectivity index (χ2v) is 4.87. The third kappa shape index (κ3) is 1.87. The van der Waals surface area contributed by atoms with Crippen LogP contribution >= 0.6 is 0 Å². The molecule has 0 aliphatic carbocycles. The fourth-order valence-corrected chi connectivity index (χ4v) is 1.77. The molecule has 0 bridgehead atoms. The molecule has 0 aliphatic rings. The van der Waals surface area contributed by atoms with Crippen LogP contribution in [-0.4, -0.2) is 5.78 Å². The zero-order chi connectivity index (χ0) is 11.8. The molecule has 16 heavy (non-hydrogen) atoms. The van der Waals surface area contributed by atoms with Gasteiger partial charge in [-0.1, -0.05) is 32.0 Å². The van der Waals surface area contributed by atoms with Crippen molar-refractivity contribution in [3.8, 4) is 0 Å². The van der Waals surface area contributed by atoms with Gasteiger partial charge in [-0.05, 0) is 25.0 Å². The van der Waals surface area contributed by atoms with Crippen molar-refractivity contribution >= 4 is 16.8 Å². The van der Waals surface area contributed by atoms with E-state index in [4.69, 9.17) is 4.42 Å². The molecular formula is C14H16O2. The van der Waals surface area contributed by atoms with Crippen molar-refractivity contribution in [2.45, 2.75) is 27.2 Å². The highest BCUT2D eigenvalue weighted by Gasteiger charge is 2.25. The fourth-order valence-electron chi connectivity index (χ4n) is 1.77. The van der Waals surface area contributed by atoms with Crippen LogP contribution in [0, 0.1) is 5.41 Å². The van der Waals surface area contributed by atoms with Crippen LogP contribution in [0.5, 0.6) is 0 Å². The molecule has 1 aromatic carbocycles. The second-order valence-electron chi connectivity index (χ2n) is 4.87. The van der Waals surface area contributed by atoms with E-state index in [2.05, 4.69) is 0 Å². The van der Waals surface area contributed by atoms with Gasteiger partial charge in [-0.3, -0.25) is 4.79 Å². The van der Waals surface area contributed by atoms with Crippen LogP contribution in [0.1, 0.15) is 26.3 Å². The first-order valence-corrected chi connectivity index (χ1v) is 5.47. The molecular weight excluding hydrogens is 200 g/mol. The minimum Gasteiger partial charge on any atom is -0.464 e. The molecule has 0 atom stereocenters. The maximum atomic E-state index is 11.5. The predicted molar refractivity (Wildman–Crippen MR) is 64.4 cm³/mol. The standard InChI is InChI=1S/C14H16O2/c1-10(15)14(2,3)8-11-9-16-13-7-5-4-6-12(11)13/h4-7,9H,8H2,1-3H3. The number of ketones is 1. The normalized spacial score (nSPS) is 11.9. The lowest BCUT2D eigenvalue weighted by molar-refractivity contribution is -0.124. The number of furan rings is 1. The number of fused-ring (bicyclic) bond motifs is 1. The molecule has 0 saturated carbocycles. The maximum absolute atomic E-state index is 11.5. The monoisotopic (exact) mass is 216 g/mol. The van der Waals surface area contributed by atoms with Crippen molar-refractivity contribution < 1.29 is 9.21 Å². The molecule has 0 saturated heterocycles. The molecule has 84 valence electrons. The Bertz CT molecular complexity index is 520. The first-order valence-electron chi connectivity index (χ1n) is 5.47. The summed E-state index contributed by atoms with van der Waals surface area (Å²) in [5.41, 5.74) is 1.67. The van der Waals surface area contributed by atoms with E-state index in [1.165, 1.54) is 0 Å². The van der Waals surface area contributed by atoms with Crippen molar-refractivity contribution in [2.24, 2.45) is 5.41 Å². The summed E-state index contributed by atoms with van der Waals surface area (Å²) in [5, 5.41) is 1.11. The molecule has 2 nitrogen and oxygen atoms in total. The quantitative estimate of drug-likeness (QED) is 0.784. The summed E-state index contributed by atoms with van der Waals surface area (Å²) < 4.78 is 5.46. The first-order chi connectivity index (χ1) is 7.50. The van der Waals surface area contributed by atoms with Gasteiger partial charge in [0.05, 0.1) is 6.26 Å². The van der Waals surface area contributed by atoms with E-state index in [1.54, 1.807) is 13.2 Å². The van der Waals surface area contributed by atoms with E-state index in [1.807, 2.05) is 38.1 Å². The van der Waals surface area contributed by atoms with Crippen LogP contribution in [-0.2, 0) is 11.2 Å². The summed E-state index contributed by atoms with van der Waals surface area (Å²) in [6, 6.07) is 7.91. The number of carbonyl (C=O) groups is 1. The highest BCUT2D eigenvalue weighted by Crippen LogP contribution is 2.28. The molecule has 2 aromatic rings. The zero-order valence-electron chi connectivity index (χ0n) is 9.91. The molecule has 0 fully saturated rings. The van der Waals surface area contributed by atoms with E-state index in [0.29, 0.717) is 0 Å². The smallest absolute Gasteiger partial charge is 0.135 e. The van der Waals surface area contributed by atoms with Crippen molar-refractivity contribution in [3.05, 3.63) is 36.1 Å². The third-order valence-corrected chi connectivity index (χ3v) is 3.15. The zero-order valence-corrected chi connectivity index (χ0v) is 9.91. The number of Topliss-reactive ketones (excluding diaryl/α,β-unsaturated/α-hetero) is 1. The Morgan fingerprint density at radius 1 is 1.31 bits per heavy atom. The molecule has 0 radical (unpaired) electrons. The van der Waals surface area contributed by atoms with Gasteiger partial charge in [0, 0.05) is 10.8 Å². The van der Waals surface area contributed by atoms with Crippen molar-refractivity contribution in [3.63, 3.8) is 0 Å². The van der Waals surface area contributed by atoms with Gasteiger partial charge in [-0.15, -0.1) is 0 Å². The first kappa shape index (κ1) is 10.9. The van der Waals surface area contributed by atoms with Gasteiger partial charge in [-0.2, -0.15) is 0 Å². The predicted octanol–water partition coefficient (Wildman–Crippen LogP) is 3.59. The van der Waals surface area contributed by atoms with E-state index in [9.17, 15) is 4.79 Å². The lowest BCUT2D eigenvalue weighted by Gasteiger charge is -2.20. The van der Waals surface area contributed by atoms with Gasteiger partial charge in [0.2, 0.25) is 0 Å². The largest absolute Gasteiger partial charge is 0.464 e. The summed E-state index contributed by atoms with van der Waals surface area (Å²) in [7, 11) is 0. The molecule has 2 rings (SSSR count). The van der Waals surface area contributed by atoms with Gasteiger partial charge in [0.15, 0.2) is 0 Å².